The second kappa shape index (κ2) is 6.04. The lowest BCUT2D eigenvalue weighted by molar-refractivity contribution is 0.401. The number of nitrogens with zero attached hydrogens (tertiary/aromatic N) is 1. The molecule has 112 valence electrons. The van der Waals surface area contributed by atoms with Gasteiger partial charge in [-0.15, -0.1) is 0 Å². The summed E-state index contributed by atoms with van der Waals surface area (Å²) in [5.74, 6) is 0.985. The first-order chi connectivity index (χ1) is 9.51. The molecule has 0 saturated carbocycles. The van der Waals surface area contributed by atoms with Gasteiger partial charge in [0.2, 0.25) is 0 Å². The largest absolute Gasteiger partial charge is 0.496 e. The third-order valence-electron chi connectivity index (χ3n) is 4.40. The zero-order chi connectivity index (χ0) is 14.8. The lowest BCUT2D eigenvalue weighted by Crippen LogP contribution is -2.39. The van der Waals surface area contributed by atoms with Crippen molar-refractivity contribution in [1.82, 2.24) is 5.32 Å². The quantitative estimate of drug-likeness (QED) is 0.886. The van der Waals surface area contributed by atoms with Crippen LogP contribution in [0.1, 0.15) is 52.1 Å². The summed E-state index contributed by atoms with van der Waals surface area (Å²) in [6.07, 6.45) is 2.51. The lowest BCUT2D eigenvalue weighted by atomic mass is 9.98. The summed E-state index contributed by atoms with van der Waals surface area (Å²) in [5.41, 5.74) is 2.83. The van der Waals surface area contributed by atoms with Crippen LogP contribution in [0, 0.1) is 0 Å². The van der Waals surface area contributed by atoms with Gasteiger partial charge in [0.05, 0.1) is 7.11 Å². The van der Waals surface area contributed by atoms with Crippen molar-refractivity contribution in [3.05, 3.63) is 23.8 Å². The third kappa shape index (κ3) is 2.78. The molecule has 1 N–H and O–H groups in total. The predicted molar refractivity (Wildman–Crippen MR) is 85.7 cm³/mol. The highest BCUT2D eigenvalue weighted by Gasteiger charge is 2.34. The molecule has 1 fully saturated rings. The molecule has 0 aliphatic carbocycles. The van der Waals surface area contributed by atoms with Crippen molar-refractivity contribution in [3.8, 4) is 5.75 Å². The molecule has 0 spiro atoms. The molecule has 1 aromatic carbocycles. The Kier molecular flexibility index (Phi) is 4.59. The van der Waals surface area contributed by atoms with Crippen LogP contribution in [-0.4, -0.2) is 25.7 Å². The Morgan fingerprint density at radius 2 is 2.15 bits per heavy atom. The molecule has 2 rings (SSSR count). The van der Waals surface area contributed by atoms with E-state index < -0.39 is 0 Å². The van der Waals surface area contributed by atoms with Crippen molar-refractivity contribution >= 4 is 5.69 Å². The molecule has 3 heteroatoms. The van der Waals surface area contributed by atoms with Crippen LogP contribution in [-0.2, 0) is 0 Å². The van der Waals surface area contributed by atoms with E-state index in [2.05, 4.69) is 56.1 Å². The zero-order valence-corrected chi connectivity index (χ0v) is 13.5. The molecule has 0 bridgehead atoms. The van der Waals surface area contributed by atoms with Gasteiger partial charge in [-0.1, -0.05) is 13.0 Å². The van der Waals surface area contributed by atoms with Crippen LogP contribution in [0.5, 0.6) is 5.75 Å². The Morgan fingerprint density at radius 3 is 2.70 bits per heavy atom. The molecule has 1 aliphatic rings. The molecule has 1 unspecified atom stereocenters. The molecule has 1 atom stereocenters. The van der Waals surface area contributed by atoms with Crippen LogP contribution in [0.2, 0.25) is 0 Å². The van der Waals surface area contributed by atoms with Gasteiger partial charge < -0.3 is 15.0 Å². The molecule has 3 nitrogen and oxygen atoms in total. The highest BCUT2D eigenvalue weighted by atomic mass is 16.5. The Labute approximate surface area is 123 Å². The van der Waals surface area contributed by atoms with Crippen LogP contribution in [0.15, 0.2) is 18.2 Å². The fourth-order valence-electron chi connectivity index (χ4n) is 3.34. The summed E-state index contributed by atoms with van der Waals surface area (Å²) in [6.45, 7) is 11.1. The monoisotopic (exact) mass is 276 g/mol. The Bertz CT molecular complexity index is 456. The highest BCUT2D eigenvalue weighted by Crippen LogP contribution is 2.41. The van der Waals surface area contributed by atoms with E-state index in [-0.39, 0.29) is 5.54 Å². The molecule has 20 heavy (non-hydrogen) atoms. The van der Waals surface area contributed by atoms with Crippen molar-refractivity contribution < 1.29 is 4.74 Å². The molecule has 1 aromatic rings. The van der Waals surface area contributed by atoms with Crippen LogP contribution < -0.4 is 15.0 Å². The Morgan fingerprint density at radius 1 is 1.40 bits per heavy atom. The van der Waals surface area contributed by atoms with Gasteiger partial charge in [0.25, 0.3) is 0 Å². The number of hydrogen-bond donors (Lipinski definition) is 1. The summed E-state index contributed by atoms with van der Waals surface area (Å²) in [6, 6.07) is 6.70. The number of rotatable bonds is 5. The van der Waals surface area contributed by atoms with Crippen LogP contribution in [0.4, 0.5) is 5.69 Å². The Hall–Kier alpha value is -1.22. The number of benzene rings is 1. The maximum atomic E-state index is 5.61. The minimum atomic E-state index is 0.229. The van der Waals surface area contributed by atoms with Gasteiger partial charge in [-0.3, -0.25) is 0 Å². The third-order valence-corrected chi connectivity index (χ3v) is 4.40. The zero-order valence-electron chi connectivity index (χ0n) is 13.5. The summed E-state index contributed by atoms with van der Waals surface area (Å²) >= 11 is 0. The second-order valence-electron chi connectivity index (χ2n) is 6.24. The topological polar surface area (TPSA) is 24.5 Å². The minimum Gasteiger partial charge on any atom is -0.496 e. The van der Waals surface area contributed by atoms with Crippen LogP contribution in [0.3, 0.4) is 0 Å². The lowest BCUT2D eigenvalue weighted by Gasteiger charge is -2.36. The molecule has 1 aliphatic heterocycles. The molecule has 0 aromatic heterocycles. The minimum absolute atomic E-state index is 0.229. The maximum Gasteiger partial charge on any atom is 0.125 e. The first-order valence-electron chi connectivity index (χ1n) is 7.69. The normalized spacial score (nSPS) is 19.1. The van der Waals surface area contributed by atoms with Crippen molar-refractivity contribution in [2.75, 3.05) is 25.1 Å². The van der Waals surface area contributed by atoms with E-state index in [4.69, 9.17) is 4.74 Å². The fraction of sp³-hybridized carbons (Fsp3) is 0.647. The number of ether oxygens (including phenoxy) is 1. The van der Waals surface area contributed by atoms with Gasteiger partial charge in [0.15, 0.2) is 0 Å². The summed E-state index contributed by atoms with van der Waals surface area (Å²) in [4.78, 5) is 2.54. The molecular weight excluding hydrogens is 248 g/mol. The van der Waals surface area contributed by atoms with E-state index in [0.29, 0.717) is 6.04 Å². The van der Waals surface area contributed by atoms with E-state index in [0.717, 1.165) is 18.8 Å². The van der Waals surface area contributed by atoms with E-state index in [1.165, 1.54) is 24.1 Å². The molecule has 1 heterocycles. The summed E-state index contributed by atoms with van der Waals surface area (Å²) in [5, 5.41) is 3.52. The SMILES string of the molecule is CCNC(C)c1c(OC)cccc1N1CCCC1(C)C. The number of methoxy groups -OCH3 is 1. The van der Waals surface area contributed by atoms with E-state index in [9.17, 15) is 0 Å². The Balaban J connectivity index is 2.46. The average molecular weight is 276 g/mol. The number of nitrogens with one attached hydrogen (secondary N) is 1. The summed E-state index contributed by atoms with van der Waals surface area (Å²) < 4.78 is 5.61. The van der Waals surface area contributed by atoms with Crippen LogP contribution >= 0.6 is 0 Å². The van der Waals surface area contributed by atoms with Gasteiger partial charge in [0, 0.05) is 29.4 Å². The fourth-order valence-corrected chi connectivity index (χ4v) is 3.34. The molecule has 0 radical (unpaired) electrons. The standard InChI is InChI=1S/C17H28N2O/c1-6-18-13(2)16-14(9-7-10-15(16)20-5)19-12-8-11-17(19,3)4/h7,9-10,13,18H,6,8,11-12H2,1-5H3. The van der Waals surface area contributed by atoms with E-state index in [1.807, 2.05) is 0 Å². The van der Waals surface area contributed by atoms with Gasteiger partial charge in [-0.05, 0) is 52.3 Å². The number of hydrogen-bond acceptors (Lipinski definition) is 3. The van der Waals surface area contributed by atoms with Crippen molar-refractivity contribution in [1.29, 1.82) is 0 Å². The highest BCUT2D eigenvalue weighted by molar-refractivity contribution is 5.62. The van der Waals surface area contributed by atoms with Crippen molar-refractivity contribution in [3.63, 3.8) is 0 Å². The molecule has 0 amide bonds. The van der Waals surface area contributed by atoms with Crippen molar-refractivity contribution in [2.24, 2.45) is 0 Å². The first-order valence-corrected chi connectivity index (χ1v) is 7.69. The first kappa shape index (κ1) is 15.2. The number of anilines is 1. The summed E-state index contributed by atoms with van der Waals surface area (Å²) in [7, 11) is 1.76. The van der Waals surface area contributed by atoms with Gasteiger partial charge in [-0.2, -0.15) is 0 Å². The molecular formula is C17H28N2O. The van der Waals surface area contributed by atoms with Crippen LogP contribution in [0.25, 0.3) is 0 Å². The molecule has 1 saturated heterocycles. The van der Waals surface area contributed by atoms with Gasteiger partial charge in [-0.25, -0.2) is 0 Å². The van der Waals surface area contributed by atoms with Gasteiger partial charge in [0.1, 0.15) is 5.75 Å². The second-order valence-corrected chi connectivity index (χ2v) is 6.24. The predicted octanol–water partition coefficient (Wildman–Crippen LogP) is 3.74. The average Bonchev–Trinajstić information content (AvgIpc) is 2.77. The maximum absolute atomic E-state index is 5.61. The van der Waals surface area contributed by atoms with Crippen molar-refractivity contribution in [2.45, 2.75) is 52.1 Å². The van der Waals surface area contributed by atoms with E-state index >= 15 is 0 Å². The van der Waals surface area contributed by atoms with Gasteiger partial charge >= 0.3 is 0 Å². The smallest absolute Gasteiger partial charge is 0.125 e. The van der Waals surface area contributed by atoms with E-state index in [1.54, 1.807) is 7.11 Å².